The summed E-state index contributed by atoms with van der Waals surface area (Å²) in [5.41, 5.74) is 7.22. The molecular weight excluding hydrogens is 279 g/mol. The molecule has 0 saturated carbocycles. The second-order valence-electron chi connectivity index (χ2n) is 5.31. The van der Waals surface area contributed by atoms with Crippen molar-refractivity contribution in [2.75, 3.05) is 26.8 Å². The number of ether oxygens (including phenoxy) is 1. The molecule has 0 aliphatic carbocycles. The molecule has 1 aliphatic rings. The molecule has 1 heterocycles. The molecule has 5 heteroatoms. The summed E-state index contributed by atoms with van der Waals surface area (Å²) >= 11 is 5.77. The van der Waals surface area contributed by atoms with Crippen LogP contribution in [0.4, 0.5) is 4.39 Å². The zero-order valence-corrected chi connectivity index (χ0v) is 12.6. The highest BCUT2D eigenvalue weighted by Crippen LogP contribution is 2.31. The van der Waals surface area contributed by atoms with Crippen LogP contribution < -0.4 is 5.73 Å². The SMILES string of the molecule is COCCN1CCCCC(N)C1c1ccc(Cl)c(F)c1. The maximum Gasteiger partial charge on any atom is 0.142 e. The van der Waals surface area contributed by atoms with Crippen LogP contribution in [0.3, 0.4) is 0 Å². The van der Waals surface area contributed by atoms with Crippen molar-refractivity contribution in [2.24, 2.45) is 5.73 Å². The fourth-order valence-electron chi connectivity index (χ4n) is 2.88. The zero-order chi connectivity index (χ0) is 14.5. The van der Waals surface area contributed by atoms with E-state index in [4.69, 9.17) is 22.1 Å². The number of methoxy groups -OCH3 is 1. The third-order valence-corrected chi connectivity index (χ3v) is 4.21. The zero-order valence-electron chi connectivity index (χ0n) is 11.8. The summed E-state index contributed by atoms with van der Waals surface area (Å²) in [5.74, 6) is -0.382. The average molecular weight is 301 g/mol. The minimum absolute atomic E-state index is 0.00920. The molecule has 20 heavy (non-hydrogen) atoms. The van der Waals surface area contributed by atoms with Crippen molar-refractivity contribution < 1.29 is 9.13 Å². The standard InChI is InChI=1S/C15H22ClFN2O/c1-20-9-8-19-7-3-2-4-14(18)15(19)11-5-6-12(16)13(17)10-11/h5-6,10,14-15H,2-4,7-9,18H2,1H3. The van der Waals surface area contributed by atoms with E-state index in [1.165, 1.54) is 6.07 Å². The number of hydrogen-bond acceptors (Lipinski definition) is 3. The molecule has 1 aliphatic heterocycles. The molecule has 0 radical (unpaired) electrons. The summed E-state index contributed by atoms with van der Waals surface area (Å²) in [4.78, 5) is 2.30. The lowest BCUT2D eigenvalue weighted by molar-refractivity contribution is 0.115. The van der Waals surface area contributed by atoms with Crippen molar-refractivity contribution in [3.05, 3.63) is 34.6 Å². The fraction of sp³-hybridized carbons (Fsp3) is 0.600. The number of benzene rings is 1. The Hall–Kier alpha value is -0.680. The third kappa shape index (κ3) is 3.70. The van der Waals surface area contributed by atoms with Gasteiger partial charge in [-0.3, -0.25) is 4.90 Å². The van der Waals surface area contributed by atoms with Crippen molar-refractivity contribution in [1.82, 2.24) is 4.90 Å². The fourth-order valence-corrected chi connectivity index (χ4v) is 2.99. The van der Waals surface area contributed by atoms with Gasteiger partial charge in [0.05, 0.1) is 17.7 Å². The molecule has 2 rings (SSSR count). The van der Waals surface area contributed by atoms with Crippen LogP contribution in [0.5, 0.6) is 0 Å². The molecule has 1 saturated heterocycles. The monoisotopic (exact) mass is 300 g/mol. The second-order valence-corrected chi connectivity index (χ2v) is 5.71. The maximum absolute atomic E-state index is 13.7. The van der Waals surface area contributed by atoms with Crippen LogP contribution in [0.15, 0.2) is 18.2 Å². The van der Waals surface area contributed by atoms with Gasteiger partial charge in [0, 0.05) is 19.7 Å². The van der Waals surface area contributed by atoms with Crippen LogP contribution in [-0.4, -0.2) is 37.7 Å². The van der Waals surface area contributed by atoms with Crippen LogP contribution in [0.25, 0.3) is 0 Å². The number of hydrogen-bond donors (Lipinski definition) is 1. The molecular formula is C15H22ClFN2O. The Bertz CT molecular complexity index is 444. The molecule has 1 aromatic rings. The van der Waals surface area contributed by atoms with Gasteiger partial charge in [0.1, 0.15) is 5.82 Å². The van der Waals surface area contributed by atoms with Crippen LogP contribution in [-0.2, 0) is 4.74 Å². The van der Waals surface area contributed by atoms with Crippen molar-refractivity contribution in [1.29, 1.82) is 0 Å². The lowest BCUT2D eigenvalue weighted by Gasteiger charge is -2.33. The van der Waals surface area contributed by atoms with Gasteiger partial charge in [-0.15, -0.1) is 0 Å². The van der Waals surface area contributed by atoms with Crippen molar-refractivity contribution in [3.63, 3.8) is 0 Å². The predicted octanol–water partition coefficient (Wildman–Crippen LogP) is 2.98. The molecule has 2 N–H and O–H groups in total. The predicted molar refractivity (Wildman–Crippen MR) is 79.4 cm³/mol. The smallest absolute Gasteiger partial charge is 0.142 e. The second kappa shape index (κ2) is 7.36. The van der Waals surface area contributed by atoms with E-state index in [2.05, 4.69) is 4.90 Å². The third-order valence-electron chi connectivity index (χ3n) is 3.90. The molecule has 112 valence electrons. The minimum Gasteiger partial charge on any atom is -0.383 e. The molecule has 2 unspecified atom stereocenters. The first-order chi connectivity index (χ1) is 9.63. The van der Waals surface area contributed by atoms with Gasteiger partial charge >= 0.3 is 0 Å². The molecule has 0 bridgehead atoms. The first-order valence-electron chi connectivity index (χ1n) is 7.07. The number of nitrogens with zero attached hydrogens (tertiary/aromatic N) is 1. The Morgan fingerprint density at radius 2 is 2.25 bits per heavy atom. The lowest BCUT2D eigenvalue weighted by Crippen LogP contribution is -2.41. The molecule has 1 aromatic carbocycles. The van der Waals surface area contributed by atoms with E-state index in [1.54, 1.807) is 13.2 Å². The van der Waals surface area contributed by atoms with E-state index in [9.17, 15) is 4.39 Å². The van der Waals surface area contributed by atoms with Crippen molar-refractivity contribution in [2.45, 2.75) is 31.3 Å². The summed E-state index contributed by atoms with van der Waals surface area (Å²) < 4.78 is 18.9. The van der Waals surface area contributed by atoms with E-state index in [0.29, 0.717) is 6.61 Å². The summed E-state index contributed by atoms with van der Waals surface area (Å²) in [6, 6.07) is 5.03. The molecule has 0 amide bonds. The maximum atomic E-state index is 13.7. The Morgan fingerprint density at radius 1 is 1.45 bits per heavy atom. The van der Waals surface area contributed by atoms with E-state index >= 15 is 0 Å². The van der Waals surface area contributed by atoms with E-state index in [1.807, 2.05) is 6.07 Å². The molecule has 1 fully saturated rings. The van der Waals surface area contributed by atoms with Crippen LogP contribution in [0.1, 0.15) is 30.9 Å². The topological polar surface area (TPSA) is 38.5 Å². The minimum atomic E-state index is -0.382. The Morgan fingerprint density at radius 3 is 2.95 bits per heavy atom. The highest BCUT2D eigenvalue weighted by atomic mass is 35.5. The van der Waals surface area contributed by atoms with E-state index in [0.717, 1.165) is 37.9 Å². The van der Waals surface area contributed by atoms with Crippen LogP contribution >= 0.6 is 11.6 Å². The van der Waals surface area contributed by atoms with Crippen LogP contribution in [0, 0.1) is 5.82 Å². The lowest BCUT2D eigenvalue weighted by atomic mass is 9.96. The van der Waals surface area contributed by atoms with Gasteiger partial charge in [-0.2, -0.15) is 0 Å². The summed E-state index contributed by atoms with van der Waals surface area (Å²) in [7, 11) is 1.69. The number of nitrogens with two attached hydrogens (primary N) is 1. The normalized spacial score (nSPS) is 24.6. The number of likely N-dealkylation sites (tertiary alicyclic amines) is 1. The molecule has 2 atom stereocenters. The van der Waals surface area contributed by atoms with Gasteiger partial charge in [-0.05, 0) is 37.1 Å². The van der Waals surface area contributed by atoms with E-state index < -0.39 is 0 Å². The summed E-state index contributed by atoms with van der Waals surface area (Å²) in [6.45, 7) is 2.42. The first-order valence-corrected chi connectivity index (χ1v) is 7.45. The largest absolute Gasteiger partial charge is 0.383 e. The summed E-state index contributed by atoms with van der Waals surface area (Å²) in [6.07, 6.45) is 3.18. The average Bonchev–Trinajstić information content (AvgIpc) is 2.61. The van der Waals surface area contributed by atoms with Gasteiger partial charge in [-0.25, -0.2) is 4.39 Å². The van der Waals surface area contributed by atoms with Gasteiger partial charge < -0.3 is 10.5 Å². The van der Waals surface area contributed by atoms with Crippen molar-refractivity contribution >= 4 is 11.6 Å². The van der Waals surface area contributed by atoms with Crippen LogP contribution in [0.2, 0.25) is 5.02 Å². The first kappa shape index (κ1) is 15.7. The van der Waals surface area contributed by atoms with Crippen molar-refractivity contribution in [3.8, 4) is 0 Å². The quantitative estimate of drug-likeness (QED) is 0.929. The molecule has 0 spiro atoms. The van der Waals surface area contributed by atoms with Gasteiger partial charge in [0.25, 0.3) is 0 Å². The Kier molecular flexibility index (Phi) is 5.78. The highest BCUT2D eigenvalue weighted by molar-refractivity contribution is 6.30. The molecule has 0 aromatic heterocycles. The Balaban J connectivity index is 2.26. The van der Waals surface area contributed by atoms with E-state index in [-0.39, 0.29) is 22.9 Å². The highest BCUT2D eigenvalue weighted by Gasteiger charge is 2.29. The number of rotatable bonds is 4. The Labute approximate surface area is 124 Å². The van der Waals surface area contributed by atoms with Gasteiger partial charge in [-0.1, -0.05) is 24.1 Å². The summed E-state index contributed by atoms with van der Waals surface area (Å²) in [5, 5.41) is 0.152. The number of halogens is 2. The van der Waals surface area contributed by atoms with Gasteiger partial charge in [0.2, 0.25) is 0 Å². The molecule has 3 nitrogen and oxygen atoms in total. The van der Waals surface area contributed by atoms with Gasteiger partial charge in [0.15, 0.2) is 0 Å².